The highest BCUT2D eigenvalue weighted by atomic mass is 16.5. The van der Waals surface area contributed by atoms with Crippen molar-refractivity contribution in [2.75, 3.05) is 12.4 Å². The van der Waals surface area contributed by atoms with Gasteiger partial charge in [0.25, 0.3) is 5.91 Å². The van der Waals surface area contributed by atoms with Crippen LogP contribution in [0.1, 0.15) is 15.9 Å². The van der Waals surface area contributed by atoms with Crippen LogP contribution in [0, 0.1) is 6.92 Å². The molecule has 92 valence electrons. The summed E-state index contributed by atoms with van der Waals surface area (Å²) in [5, 5.41) is 2.73. The monoisotopic (exact) mass is 242 g/mol. The van der Waals surface area contributed by atoms with Crippen LogP contribution in [0.15, 0.2) is 42.6 Å². The molecule has 1 amide bonds. The second-order valence-electron chi connectivity index (χ2n) is 3.88. The van der Waals surface area contributed by atoms with E-state index < -0.39 is 0 Å². The number of pyridine rings is 1. The Morgan fingerprint density at radius 2 is 2.00 bits per heavy atom. The highest BCUT2D eigenvalue weighted by molar-refractivity contribution is 6.05. The van der Waals surface area contributed by atoms with E-state index in [1.54, 1.807) is 30.5 Å². The lowest BCUT2D eigenvalue weighted by atomic mass is 10.2. The van der Waals surface area contributed by atoms with Gasteiger partial charge in [-0.05, 0) is 30.7 Å². The second kappa shape index (κ2) is 5.31. The summed E-state index contributed by atoms with van der Waals surface area (Å²) in [4.78, 5) is 16.2. The average Bonchev–Trinajstić information content (AvgIpc) is 2.41. The number of aryl methyl sites for hydroxylation is 1. The lowest BCUT2D eigenvalue weighted by Crippen LogP contribution is -2.13. The maximum Gasteiger partial charge on any atom is 0.260 e. The summed E-state index contributed by atoms with van der Waals surface area (Å²) < 4.78 is 5.14. The first kappa shape index (κ1) is 12.1. The van der Waals surface area contributed by atoms with Crippen molar-refractivity contribution in [1.29, 1.82) is 0 Å². The van der Waals surface area contributed by atoms with Crippen LogP contribution >= 0.6 is 0 Å². The van der Waals surface area contributed by atoms with Crippen LogP contribution in [-0.4, -0.2) is 18.0 Å². The van der Waals surface area contributed by atoms with Gasteiger partial charge in [-0.3, -0.25) is 4.79 Å². The zero-order valence-electron chi connectivity index (χ0n) is 10.3. The molecule has 1 heterocycles. The molecule has 1 aromatic carbocycles. The number of carbonyl (C=O) groups is 1. The molecule has 4 nitrogen and oxygen atoms in total. The molecule has 0 atom stereocenters. The van der Waals surface area contributed by atoms with E-state index in [4.69, 9.17) is 4.74 Å². The summed E-state index contributed by atoms with van der Waals surface area (Å²) in [5.74, 6) is 0.836. The van der Waals surface area contributed by atoms with Gasteiger partial charge in [0.1, 0.15) is 11.6 Å². The lowest BCUT2D eigenvalue weighted by molar-refractivity contribution is 0.102. The summed E-state index contributed by atoms with van der Waals surface area (Å²) >= 11 is 0. The Hall–Kier alpha value is -2.36. The molecule has 0 spiro atoms. The summed E-state index contributed by atoms with van der Waals surface area (Å²) in [7, 11) is 1.54. The molecule has 0 aliphatic rings. The molecule has 0 bridgehead atoms. The number of nitrogens with zero attached hydrogens (tertiary/aromatic N) is 1. The smallest absolute Gasteiger partial charge is 0.260 e. The van der Waals surface area contributed by atoms with E-state index in [1.165, 1.54) is 7.11 Å². The van der Waals surface area contributed by atoms with Crippen molar-refractivity contribution in [3.8, 4) is 5.75 Å². The molecule has 0 unspecified atom stereocenters. The highest BCUT2D eigenvalue weighted by Gasteiger charge is 2.11. The van der Waals surface area contributed by atoms with Crippen LogP contribution in [0.25, 0.3) is 0 Å². The number of aromatic nitrogens is 1. The zero-order chi connectivity index (χ0) is 13.0. The van der Waals surface area contributed by atoms with Crippen LogP contribution in [-0.2, 0) is 0 Å². The van der Waals surface area contributed by atoms with Gasteiger partial charge in [0.05, 0.1) is 12.7 Å². The quantitative estimate of drug-likeness (QED) is 0.900. The summed E-state index contributed by atoms with van der Waals surface area (Å²) in [6.45, 7) is 1.94. The minimum absolute atomic E-state index is 0.233. The topological polar surface area (TPSA) is 51.2 Å². The molecule has 4 heteroatoms. The molecule has 0 saturated heterocycles. The van der Waals surface area contributed by atoms with Gasteiger partial charge in [-0.15, -0.1) is 0 Å². The van der Waals surface area contributed by atoms with Crippen LogP contribution in [0.3, 0.4) is 0 Å². The maximum absolute atomic E-state index is 12.0. The van der Waals surface area contributed by atoms with Crippen molar-refractivity contribution in [1.82, 2.24) is 4.98 Å². The highest BCUT2D eigenvalue weighted by Crippen LogP contribution is 2.18. The maximum atomic E-state index is 12.0. The molecular weight excluding hydrogens is 228 g/mol. The third-order valence-electron chi connectivity index (χ3n) is 2.50. The van der Waals surface area contributed by atoms with Gasteiger partial charge < -0.3 is 10.1 Å². The Labute approximate surface area is 106 Å². The fraction of sp³-hybridized carbons (Fsp3) is 0.143. The molecule has 2 rings (SSSR count). The fourth-order valence-electron chi connectivity index (χ4n) is 1.56. The van der Waals surface area contributed by atoms with Crippen molar-refractivity contribution in [3.63, 3.8) is 0 Å². The minimum atomic E-state index is -0.233. The summed E-state index contributed by atoms with van der Waals surface area (Å²) in [6, 6.07) is 10.7. The molecule has 18 heavy (non-hydrogen) atoms. The van der Waals surface area contributed by atoms with E-state index in [1.807, 2.05) is 19.1 Å². The third-order valence-corrected chi connectivity index (χ3v) is 2.50. The van der Waals surface area contributed by atoms with Crippen LogP contribution in [0.2, 0.25) is 0 Å². The van der Waals surface area contributed by atoms with Crippen molar-refractivity contribution in [2.24, 2.45) is 0 Å². The van der Waals surface area contributed by atoms with Gasteiger partial charge in [-0.25, -0.2) is 4.98 Å². The molecule has 1 N–H and O–H groups in total. The molecule has 0 aliphatic heterocycles. The van der Waals surface area contributed by atoms with Crippen LogP contribution in [0.5, 0.6) is 5.75 Å². The Bertz CT molecular complexity index is 550. The van der Waals surface area contributed by atoms with Crippen molar-refractivity contribution in [2.45, 2.75) is 6.92 Å². The summed E-state index contributed by atoms with van der Waals surface area (Å²) in [6.07, 6.45) is 1.71. The minimum Gasteiger partial charge on any atom is -0.496 e. The van der Waals surface area contributed by atoms with Gasteiger partial charge in [0.2, 0.25) is 0 Å². The first-order valence-electron chi connectivity index (χ1n) is 5.58. The number of nitrogens with one attached hydrogen (secondary N) is 1. The predicted octanol–water partition coefficient (Wildman–Crippen LogP) is 2.65. The third kappa shape index (κ3) is 2.66. The number of benzene rings is 1. The van der Waals surface area contributed by atoms with Gasteiger partial charge >= 0.3 is 0 Å². The Morgan fingerprint density at radius 1 is 1.22 bits per heavy atom. The Morgan fingerprint density at radius 3 is 2.67 bits per heavy atom. The largest absolute Gasteiger partial charge is 0.496 e. The van der Waals surface area contributed by atoms with Gasteiger partial charge in [-0.2, -0.15) is 0 Å². The van der Waals surface area contributed by atoms with Crippen molar-refractivity contribution < 1.29 is 9.53 Å². The number of anilines is 1. The molecule has 0 saturated carbocycles. The van der Waals surface area contributed by atoms with Gasteiger partial charge in [0.15, 0.2) is 0 Å². The average molecular weight is 242 g/mol. The Balaban J connectivity index is 2.19. The standard InChI is InChI=1S/C14H14N2O2/c1-10-7-8-13(15-9-10)16-14(17)11-5-3-4-6-12(11)18-2/h3-9H,1-2H3,(H,15,16,17). The number of methoxy groups -OCH3 is 1. The lowest BCUT2D eigenvalue weighted by Gasteiger charge is -2.08. The molecule has 0 radical (unpaired) electrons. The van der Waals surface area contributed by atoms with E-state index in [9.17, 15) is 4.79 Å². The second-order valence-corrected chi connectivity index (χ2v) is 3.88. The number of carbonyl (C=O) groups excluding carboxylic acids is 1. The summed E-state index contributed by atoms with van der Waals surface area (Å²) in [5.41, 5.74) is 1.53. The molecule has 0 aliphatic carbocycles. The van der Waals surface area contributed by atoms with Crippen molar-refractivity contribution in [3.05, 3.63) is 53.7 Å². The fourth-order valence-corrected chi connectivity index (χ4v) is 1.56. The molecule has 1 aromatic heterocycles. The first-order valence-corrected chi connectivity index (χ1v) is 5.58. The molecular formula is C14H14N2O2. The number of ether oxygens (including phenoxy) is 1. The predicted molar refractivity (Wildman–Crippen MR) is 69.9 cm³/mol. The number of amides is 1. The van der Waals surface area contributed by atoms with Gasteiger partial charge in [-0.1, -0.05) is 18.2 Å². The Kier molecular flexibility index (Phi) is 3.57. The normalized spacial score (nSPS) is 9.89. The zero-order valence-corrected chi connectivity index (χ0v) is 10.3. The number of hydrogen-bond donors (Lipinski definition) is 1. The van der Waals surface area contributed by atoms with Crippen LogP contribution < -0.4 is 10.1 Å². The SMILES string of the molecule is COc1ccccc1C(=O)Nc1ccc(C)cn1. The number of rotatable bonds is 3. The van der Waals surface area contributed by atoms with Gasteiger partial charge in [0, 0.05) is 6.20 Å². The molecule has 0 fully saturated rings. The number of para-hydroxylation sites is 1. The van der Waals surface area contributed by atoms with E-state index >= 15 is 0 Å². The number of hydrogen-bond acceptors (Lipinski definition) is 3. The van der Waals surface area contributed by atoms with E-state index in [0.717, 1.165) is 5.56 Å². The van der Waals surface area contributed by atoms with E-state index in [-0.39, 0.29) is 5.91 Å². The first-order chi connectivity index (χ1) is 8.70. The van der Waals surface area contributed by atoms with Crippen LogP contribution in [0.4, 0.5) is 5.82 Å². The van der Waals surface area contributed by atoms with E-state index in [0.29, 0.717) is 17.1 Å². The van der Waals surface area contributed by atoms with Crippen molar-refractivity contribution >= 4 is 11.7 Å². The molecule has 2 aromatic rings. The van der Waals surface area contributed by atoms with E-state index in [2.05, 4.69) is 10.3 Å².